The summed E-state index contributed by atoms with van der Waals surface area (Å²) in [6, 6.07) is 6.37. The first-order chi connectivity index (χ1) is 8.29. The van der Waals surface area contributed by atoms with Gasteiger partial charge >= 0.3 is 0 Å². The van der Waals surface area contributed by atoms with Crippen molar-refractivity contribution in [3.8, 4) is 0 Å². The van der Waals surface area contributed by atoms with Gasteiger partial charge in [-0.2, -0.15) is 0 Å². The summed E-state index contributed by atoms with van der Waals surface area (Å²) >= 11 is 0. The first-order valence-corrected chi connectivity index (χ1v) is 6.90. The second-order valence-corrected chi connectivity index (χ2v) is 6.03. The molecule has 0 atom stereocenters. The topological polar surface area (TPSA) is 38.9 Å². The van der Waals surface area contributed by atoms with Crippen LogP contribution in [0.1, 0.15) is 50.6 Å². The number of hydrogen-bond acceptors (Lipinski definition) is 2. The van der Waals surface area contributed by atoms with Crippen LogP contribution in [0.15, 0.2) is 24.4 Å². The van der Waals surface area contributed by atoms with Gasteiger partial charge in [-0.3, -0.25) is 4.98 Å². The minimum atomic E-state index is 0.400. The van der Waals surface area contributed by atoms with Crippen LogP contribution in [0.3, 0.4) is 0 Å². The molecule has 2 N–H and O–H groups in total. The Hall–Kier alpha value is -0.890. The Bertz CT molecular complexity index is 361. The van der Waals surface area contributed by atoms with E-state index >= 15 is 0 Å². The number of nitrogens with two attached hydrogens (primary N) is 1. The molecule has 3 saturated carbocycles. The van der Waals surface area contributed by atoms with Crippen LogP contribution in [0.5, 0.6) is 0 Å². The Labute approximate surface area is 104 Å². The van der Waals surface area contributed by atoms with E-state index in [1.54, 1.807) is 0 Å². The van der Waals surface area contributed by atoms with E-state index in [1.165, 1.54) is 50.6 Å². The lowest BCUT2D eigenvalue weighted by molar-refractivity contribution is 0.0326. The van der Waals surface area contributed by atoms with Crippen LogP contribution in [0.4, 0.5) is 0 Å². The highest BCUT2D eigenvalue weighted by molar-refractivity contribution is 5.21. The molecule has 2 heteroatoms. The molecular weight excluding hydrogens is 208 g/mol. The molecule has 0 radical (unpaired) electrons. The second kappa shape index (κ2) is 4.09. The Morgan fingerprint density at radius 3 is 2.29 bits per heavy atom. The molecule has 1 aromatic heterocycles. The fraction of sp³-hybridized carbons (Fsp3) is 0.667. The summed E-state index contributed by atoms with van der Waals surface area (Å²) in [6.07, 6.45) is 11.2. The molecule has 2 bridgehead atoms. The van der Waals surface area contributed by atoms with E-state index in [4.69, 9.17) is 5.73 Å². The summed E-state index contributed by atoms with van der Waals surface area (Å²) in [5.41, 5.74) is 8.09. The van der Waals surface area contributed by atoms with Gasteiger partial charge in [0.2, 0.25) is 0 Å². The van der Waals surface area contributed by atoms with Gasteiger partial charge in [-0.05, 0) is 69.0 Å². The maximum atomic E-state index is 5.77. The van der Waals surface area contributed by atoms with Gasteiger partial charge in [0, 0.05) is 17.3 Å². The molecular formula is C15H22N2. The molecule has 0 amide bonds. The fourth-order valence-electron chi connectivity index (χ4n) is 4.01. The number of aromatic nitrogens is 1. The largest absolute Gasteiger partial charge is 0.330 e. The maximum Gasteiger partial charge on any atom is 0.0465 e. The highest BCUT2D eigenvalue weighted by Gasteiger charge is 2.49. The highest BCUT2D eigenvalue weighted by atomic mass is 14.7. The first kappa shape index (κ1) is 11.2. The molecule has 17 heavy (non-hydrogen) atoms. The monoisotopic (exact) mass is 230 g/mol. The minimum absolute atomic E-state index is 0.400. The van der Waals surface area contributed by atoms with E-state index in [9.17, 15) is 0 Å². The van der Waals surface area contributed by atoms with E-state index < -0.39 is 0 Å². The fourth-order valence-corrected chi connectivity index (χ4v) is 4.01. The van der Waals surface area contributed by atoms with Crippen molar-refractivity contribution >= 4 is 0 Å². The highest BCUT2D eigenvalue weighted by Crippen LogP contribution is 2.58. The van der Waals surface area contributed by atoms with Crippen molar-refractivity contribution in [3.63, 3.8) is 0 Å². The molecule has 0 aromatic carbocycles. The van der Waals surface area contributed by atoms with Gasteiger partial charge in [0.25, 0.3) is 0 Å². The first-order valence-electron chi connectivity index (χ1n) is 6.90. The van der Waals surface area contributed by atoms with E-state index in [-0.39, 0.29) is 0 Å². The zero-order valence-electron chi connectivity index (χ0n) is 10.5. The lowest BCUT2D eigenvalue weighted by atomic mass is 9.52. The molecule has 4 rings (SSSR count). The Morgan fingerprint density at radius 1 is 1.06 bits per heavy atom. The summed E-state index contributed by atoms with van der Waals surface area (Å²) in [5, 5.41) is 0. The van der Waals surface area contributed by atoms with Crippen molar-refractivity contribution in [2.24, 2.45) is 11.1 Å². The van der Waals surface area contributed by atoms with Crippen molar-refractivity contribution in [2.75, 3.05) is 6.54 Å². The van der Waals surface area contributed by atoms with Crippen molar-refractivity contribution in [1.82, 2.24) is 4.98 Å². The summed E-state index contributed by atoms with van der Waals surface area (Å²) in [5.74, 6) is 0. The van der Waals surface area contributed by atoms with Crippen LogP contribution < -0.4 is 5.73 Å². The Kier molecular flexibility index (Phi) is 2.70. The van der Waals surface area contributed by atoms with Crippen molar-refractivity contribution in [1.29, 1.82) is 0 Å². The minimum Gasteiger partial charge on any atom is -0.330 e. The average Bonchev–Trinajstić information content (AvgIpc) is 2.42. The third-order valence-electron chi connectivity index (χ3n) is 5.28. The SMILES string of the molecule is NCCC12CCC(c3ccccn3)(CC1)CC2. The van der Waals surface area contributed by atoms with Gasteiger partial charge in [-0.1, -0.05) is 6.07 Å². The summed E-state index contributed by atoms with van der Waals surface area (Å²) < 4.78 is 0. The van der Waals surface area contributed by atoms with Crippen LogP contribution in [-0.2, 0) is 5.41 Å². The van der Waals surface area contributed by atoms with Crippen LogP contribution in [0.2, 0.25) is 0 Å². The van der Waals surface area contributed by atoms with Crippen LogP contribution in [-0.4, -0.2) is 11.5 Å². The normalized spacial score (nSPS) is 36.1. The van der Waals surface area contributed by atoms with Crippen molar-refractivity contribution in [3.05, 3.63) is 30.1 Å². The van der Waals surface area contributed by atoms with Gasteiger partial charge in [-0.25, -0.2) is 0 Å². The van der Waals surface area contributed by atoms with E-state index in [0.29, 0.717) is 10.8 Å². The van der Waals surface area contributed by atoms with Gasteiger partial charge < -0.3 is 5.73 Å². The summed E-state index contributed by atoms with van der Waals surface area (Å²) in [7, 11) is 0. The number of hydrogen-bond donors (Lipinski definition) is 1. The van der Waals surface area contributed by atoms with Gasteiger partial charge in [0.15, 0.2) is 0 Å². The predicted molar refractivity (Wildman–Crippen MR) is 69.7 cm³/mol. The zero-order chi connectivity index (χ0) is 11.8. The van der Waals surface area contributed by atoms with Gasteiger partial charge in [0.05, 0.1) is 0 Å². The quantitative estimate of drug-likeness (QED) is 0.867. The van der Waals surface area contributed by atoms with E-state index in [1.807, 2.05) is 12.3 Å². The zero-order valence-corrected chi connectivity index (χ0v) is 10.5. The smallest absolute Gasteiger partial charge is 0.0465 e. The molecule has 0 unspecified atom stereocenters. The standard InChI is InChI=1S/C15H22N2/c16-11-10-14-4-7-15(8-5-14,9-6-14)13-3-1-2-12-17-13/h1-3,12H,4-11,16H2. The maximum absolute atomic E-state index is 5.77. The lowest BCUT2D eigenvalue weighted by Gasteiger charge is -2.53. The number of rotatable bonds is 3. The number of fused-ring (bicyclic) bond motifs is 3. The Morgan fingerprint density at radius 2 is 1.76 bits per heavy atom. The molecule has 0 spiro atoms. The van der Waals surface area contributed by atoms with Gasteiger partial charge in [0.1, 0.15) is 0 Å². The second-order valence-electron chi connectivity index (χ2n) is 6.03. The van der Waals surface area contributed by atoms with Crippen molar-refractivity contribution in [2.45, 2.75) is 50.4 Å². The average molecular weight is 230 g/mol. The van der Waals surface area contributed by atoms with E-state index in [2.05, 4.69) is 17.1 Å². The van der Waals surface area contributed by atoms with Crippen molar-refractivity contribution < 1.29 is 0 Å². The molecule has 1 heterocycles. The molecule has 1 aromatic rings. The summed E-state index contributed by atoms with van der Waals surface area (Å²) in [4.78, 5) is 4.61. The molecule has 3 aliphatic carbocycles. The summed E-state index contributed by atoms with van der Waals surface area (Å²) in [6.45, 7) is 0.858. The molecule has 2 nitrogen and oxygen atoms in total. The number of pyridine rings is 1. The number of nitrogens with zero attached hydrogens (tertiary/aromatic N) is 1. The third kappa shape index (κ3) is 1.79. The Balaban J connectivity index is 1.82. The lowest BCUT2D eigenvalue weighted by Crippen LogP contribution is -2.45. The molecule has 92 valence electrons. The van der Waals surface area contributed by atoms with Gasteiger partial charge in [-0.15, -0.1) is 0 Å². The molecule has 3 aliphatic rings. The van der Waals surface area contributed by atoms with Crippen LogP contribution >= 0.6 is 0 Å². The van der Waals surface area contributed by atoms with Crippen LogP contribution in [0.25, 0.3) is 0 Å². The van der Waals surface area contributed by atoms with Crippen LogP contribution in [0, 0.1) is 5.41 Å². The molecule has 3 fully saturated rings. The third-order valence-corrected chi connectivity index (χ3v) is 5.28. The predicted octanol–water partition coefficient (Wildman–Crippen LogP) is 3.02. The molecule has 0 saturated heterocycles. The molecule has 0 aliphatic heterocycles. The van der Waals surface area contributed by atoms with E-state index in [0.717, 1.165) is 6.54 Å².